The maximum atomic E-state index is 12.5. The molecule has 0 bridgehead atoms. The Morgan fingerprint density at radius 3 is 2.49 bits per heavy atom. The van der Waals surface area contributed by atoms with Crippen LogP contribution in [0.15, 0.2) is 72.3 Å². The summed E-state index contributed by atoms with van der Waals surface area (Å²) >= 11 is 2.07. The number of aryl methyl sites for hydroxylation is 2. The van der Waals surface area contributed by atoms with E-state index in [4.69, 9.17) is 9.47 Å². The minimum atomic E-state index is -0.433. The highest BCUT2D eigenvalue weighted by Gasteiger charge is 2.15. The van der Waals surface area contributed by atoms with E-state index >= 15 is 0 Å². The number of hydrogen-bond donors (Lipinski definition) is 2. The fourth-order valence-corrected chi connectivity index (χ4v) is 4.27. The number of carbonyl (C=O) groups is 2. The molecule has 190 valence electrons. The van der Waals surface area contributed by atoms with Crippen molar-refractivity contribution < 1.29 is 19.1 Å². The molecular weight excluding hydrogens is 581 g/mol. The lowest BCUT2D eigenvalue weighted by Crippen LogP contribution is -2.25. The molecule has 0 aliphatic rings. The normalized spacial score (nSPS) is 10.8. The van der Waals surface area contributed by atoms with Crippen LogP contribution in [0.4, 0.5) is 5.69 Å². The molecule has 37 heavy (non-hydrogen) atoms. The van der Waals surface area contributed by atoms with Crippen LogP contribution in [0.1, 0.15) is 23.1 Å². The SMILES string of the molecule is COc1cc(/C=C(/C#N)C(=O)NCCCc2ccccc2)cc(I)c1OCC(=O)Nc1ccc(C)cc1. The van der Waals surface area contributed by atoms with Crippen LogP contribution in [-0.4, -0.2) is 32.1 Å². The Balaban J connectivity index is 1.61. The molecule has 0 fully saturated rings. The lowest BCUT2D eigenvalue weighted by Gasteiger charge is -2.14. The third-order valence-electron chi connectivity index (χ3n) is 5.38. The summed E-state index contributed by atoms with van der Waals surface area (Å²) in [5.41, 5.74) is 3.58. The van der Waals surface area contributed by atoms with Crippen molar-refractivity contribution in [2.75, 3.05) is 25.6 Å². The number of nitrogens with one attached hydrogen (secondary N) is 2. The number of rotatable bonds is 11. The minimum Gasteiger partial charge on any atom is -0.493 e. The standard InChI is InChI=1S/C29H28IN3O4/c1-20-10-12-24(13-11-20)33-27(34)19-37-28-25(30)16-22(17-26(28)36-2)15-23(18-31)29(35)32-14-6-9-21-7-4-3-5-8-21/h3-5,7-8,10-13,15-17H,6,9,14,19H2,1-2H3,(H,32,35)(H,33,34)/b23-15-. The van der Waals surface area contributed by atoms with Gasteiger partial charge in [-0.3, -0.25) is 9.59 Å². The van der Waals surface area contributed by atoms with Crippen molar-refractivity contribution in [2.24, 2.45) is 0 Å². The zero-order valence-electron chi connectivity index (χ0n) is 20.7. The summed E-state index contributed by atoms with van der Waals surface area (Å²) in [6, 6.07) is 22.9. The summed E-state index contributed by atoms with van der Waals surface area (Å²) in [4.78, 5) is 24.9. The molecule has 0 unspecified atom stereocenters. The maximum absolute atomic E-state index is 12.5. The van der Waals surface area contributed by atoms with E-state index in [0.29, 0.717) is 32.9 Å². The summed E-state index contributed by atoms with van der Waals surface area (Å²) in [5.74, 6) is 0.0593. The molecule has 3 aromatic rings. The van der Waals surface area contributed by atoms with E-state index in [1.54, 1.807) is 12.1 Å². The zero-order valence-corrected chi connectivity index (χ0v) is 22.9. The molecule has 0 aromatic heterocycles. The second-order valence-electron chi connectivity index (χ2n) is 8.25. The van der Waals surface area contributed by atoms with Crippen molar-refractivity contribution in [3.8, 4) is 17.6 Å². The monoisotopic (exact) mass is 609 g/mol. The Morgan fingerprint density at radius 2 is 1.81 bits per heavy atom. The van der Waals surface area contributed by atoms with Crippen LogP contribution >= 0.6 is 22.6 Å². The molecule has 0 spiro atoms. The van der Waals surface area contributed by atoms with Crippen molar-refractivity contribution in [3.05, 3.63) is 92.6 Å². The fourth-order valence-electron chi connectivity index (χ4n) is 3.48. The first-order chi connectivity index (χ1) is 17.9. The molecule has 0 aliphatic carbocycles. The van der Waals surface area contributed by atoms with Gasteiger partial charge in [0.2, 0.25) is 0 Å². The molecule has 2 amide bonds. The number of ether oxygens (including phenoxy) is 2. The molecular formula is C29H28IN3O4. The lowest BCUT2D eigenvalue weighted by atomic mass is 10.1. The lowest BCUT2D eigenvalue weighted by molar-refractivity contribution is -0.118. The Kier molecular flexibility index (Phi) is 10.5. The zero-order chi connectivity index (χ0) is 26.6. The number of amides is 2. The first-order valence-electron chi connectivity index (χ1n) is 11.7. The van der Waals surface area contributed by atoms with E-state index in [1.165, 1.54) is 18.7 Å². The summed E-state index contributed by atoms with van der Waals surface area (Å²) in [6.45, 7) is 2.23. The van der Waals surface area contributed by atoms with Crippen molar-refractivity contribution in [1.29, 1.82) is 5.26 Å². The molecule has 0 saturated heterocycles. The highest BCUT2D eigenvalue weighted by molar-refractivity contribution is 14.1. The second kappa shape index (κ2) is 14.0. The largest absolute Gasteiger partial charge is 0.493 e. The number of nitrogens with zero attached hydrogens (tertiary/aromatic N) is 1. The maximum Gasteiger partial charge on any atom is 0.262 e. The van der Waals surface area contributed by atoms with Crippen LogP contribution in [-0.2, 0) is 16.0 Å². The van der Waals surface area contributed by atoms with Gasteiger partial charge in [0.05, 0.1) is 10.7 Å². The number of anilines is 1. The van der Waals surface area contributed by atoms with Gasteiger partial charge >= 0.3 is 0 Å². The van der Waals surface area contributed by atoms with Gasteiger partial charge in [-0.1, -0.05) is 48.0 Å². The highest BCUT2D eigenvalue weighted by atomic mass is 127. The van der Waals surface area contributed by atoms with Gasteiger partial charge in [-0.05, 0) is 83.8 Å². The van der Waals surface area contributed by atoms with Gasteiger partial charge in [0.25, 0.3) is 11.8 Å². The van der Waals surface area contributed by atoms with E-state index in [2.05, 4.69) is 33.2 Å². The van der Waals surface area contributed by atoms with Gasteiger partial charge < -0.3 is 20.1 Å². The topological polar surface area (TPSA) is 100 Å². The number of halogens is 1. The van der Waals surface area contributed by atoms with Crippen LogP contribution in [0.5, 0.6) is 11.5 Å². The molecule has 0 radical (unpaired) electrons. The molecule has 7 nitrogen and oxygen atoms in total. The van der Waals surface area contributed by atoms with Gasteiger partial charge in [-0.15, -0.1) is 0 Å². The van der Waals surface area contributed by atoms with Gasteiger partial charge in [0, 0.05) is 12.2 Å². The number of carbonyl (C=O) groups excluding carboxylic acids is 2. The van der Waals surface area contributed by atoms with E-state index < -0.39 is 5.91 Å². The number of hydrogen-bond acceptors (Lipinski definition) is 5. The second-order valence-corrected chi connectivity index (χ2v) is 9.41. The first kappa shape index (κ1) is 27.7. The predicted molar refractivity (Wildman–Crippen MR) is 152 cm³/mol. The Bertz CT molecular complexity index is 1300. The van der Waals surface area contributed by atoms with Crippen molar-refractivity contribution in [1.82, 2.24) is 5.32 Å². The Hall–Kier alpha value is -3.84. The third-order valence-corrected chi connectivity index (χ3v) is 6.18. The molecule has 3 aromatic carbocycles. The number of benzene rings is 3. The highest BCUT2D eigenvalue weighted by Crippen LogP contribution is 2.34. The molecule has 8 heteroatoms. The Morgan fingerprint density at radius 1 is 1.08 bits per heavy atom. The average molecular weight is 609 g/mol. The first-order valence-corrected chi connectivity index (χ1v) is 12.8. The third kappa shape index (κ3) is 8.65. The predicted octanol–water partition coefficient (Wildman–Crippen LogP) is 5.28. The van der Waals surface area contributed by atoms with Gasteiger partial charge in [0.1, 0.15) is 11.6 Å². The van der Waals surface area contributed by atoms with Crippen LogP contribution < -0.4 is 20.1 Å². The molecule has 0 saturated carbocycles. The van der Waals surface area contributed by atoms with E-state index in [0.717, 1.165) is 18.4 Å². The summed E-state index contributed by atoms with van der Waals surface area (Å²) < 4.78 is 11.9. The molecule has 3 rings (SSSR count). The van der Waals surface area contributed by atoms with Crippen LogP contribution in [0, 0.1) is 21.8 Å². The van der Waals surface area contributed by atoms with Crippen molar-refractivity contribution >= 4 is 46.2 Å². The minimum absolute atomic E-state index is 0.0105. The Labute approximate surface area is 230 Å². The number of nitriles is 1. The van der Waals surface area contributed by atoms with E-state index in [-0.39, 0.29) is 18.1 Å². The molecule has 0 aliphatic heterocycles. The average Bonchev–Trinajstić information content (AvgIpc) is 2.90. The van der Waals surface area contributed by atoms with Crippen molar-refractivity contribution in [3.63, 3.8) is 0 Å². The molecule has 0 heterocycles. The van der Waals surface area contributed by atoms with E-state index in [9.17, 15) is 14.9 Å². The smallest absolute Gasteiger partial charge is 0.262 e. The van der Waals surface area contributed by atoms with Gasteiger partial charge in [0.15, 0.2) is 18.1 Å². The summed E-state index contributed by atoms with van der Waals surface area (Å²) in [6.07, 6.45) is 3.11. The quantitative estimate of drug-likeness (QED) is 0.133. The number of methoxy groups -OCH3 is 1. The summed E-state index contributed by atoms with van der Waals surface area (Å²) in [5, 5.41) is 15.1. The fraction of sp³-hybridized carbons (Fsp3) is 0.207. The van der Waals surface area contributed by atoms with Crippen molar-refractivity contribution in [2.45, 2.75) is 19.8 Å². The molecule has 0 atom stereocenters. The van der Waals surface area contributed by atoms with Crippen LogP contribution in [0.2, 0.25) is 0 Å². The molecule has 2 N–H and O–H groups in total. The van der Waals surface area contributed by atoms with Crippen LogP contribution in [0.3, 0.4) is 0 Å². The van der Waals surface area contributed by atoms with Gasteiger partial charge in [-0.2, -0.15) is 5.26 Å². The van der Waals surface area contributed by atoms with E-state index in [1.807, 2.05) is 67.6 Å². The van der Waals surface area contributed by atoms with Gasteiger partial charge in [-0.25, -0.2) is 0 Å². The van der Waals surface area contributed by atoms with Crippen LogP contribution in [0.25, 0.3) is 6.08 Å². The summed E-state index contributed by atoms with van der Waals surface area (Å²) in [7, 11) is 1.49.